The van der Waals surface area contributed by atoms with E-state index in [2.05, 4.69) is 17.0 Å². The van der Waals surface area contributed by atoms with E-state index in [1.54, 1.807) is 4.68 Å². The second-order valence-electron chi connectivity index (χ2n) is 3.94. The zero-order valence-corrected chi connectivity index (χ0v) is 10.0. The highest BCUT2D eigenvalue weighted by atomic mass is 16.1. The van der Waals surface area contributed by atoms with Gasteiger partial charge in [-0.25, -0.2) is 9.67 Å². The number of nitrogens with zero attached hydrogens (tertiary/aromatic N) is 3. The highest BCUT2D eigenvalue weighted by Gasteiger charge is 2.16. The molecule has 0 radical (unpaired) electrons. The minimum absolute atomic E-state index is 0.0483. The maximum atomic E-state index is 11.8. The number of hydrogen-bond donors (Lipinski definition) is 1. The van der Waals surface area contributed by atoms with Crippen LogP contribution in [0.25, 0.3) is 0 Å². The van der Waals surface area contributed by atoms with Crippen LogP contribution in [0.4, 0.5) is 0 Å². The Hall–Kier alpha value is -1.23. The first-order valence-corrected chi connectivity index (χ1v) is 5.84. The number of carbonyl (C=O) groups is 1. The van der Waals surface area contributed by atoms with Crippen LogP contribution in [0.2, 0.25) is 0 Å². The van der Waals surface area contributed by atoms with Crippen LogP contribution in [-0.4, -0.2) is 26.6 Å². The molecule has 0 saturated heterocycles. The first-order valence-electron chi connectivity index (χ1n) is 5.84. The third kappa shape index (κ3) is 3.41. The van der Waals surface area contributed by atoms with E-state index < -0.39 is 0 Å². The van der Waals surface area contributed by atoms with Gasteiger partial charge in [-0.2, -0.15) is 5.10 Å². The summed E-state index contributed by atoms with van der Waals surface area (Å²) >= 11 is 0. The number of carbonyl (C=O) groups excluding carboxylic acids is 1. The molecule has 0 aliphatic carbocycles. The van der Waals surface area contributed by atoms with Gasteiger partial charge >= 0.3 is 0 Å². The molecule has 90 valence electrons. The molecule has 0 amide bonds. The normalized spacial score (nSPS) is 12.7. The van der Waals surface area contributed by atoms with Crippen molar-refractivity contribution in [3.8, 4) is 0 Å². The van der Waals surface area contributed by atoms with Crippen molar-refractivity contribution < 1.29 is 4.79 Å². The van der Waals surface area contributed by atoms with Gasteiger partial charge in [-0.3, -0.25) is 4.79 Å². The molecule has 1 rings (SSSR count). The minimum atomic E-state index is -0.364. The fraction of sp³-hybridized carbons (Fsp3) is 0.727. The molecule has 16 heavy (non-hydrogen) atoms. The van der Waals surface area contributed by atoms with Gasteiger partial charge < -0.3 is 5.73 Å². The van der Waals surface area contributed by atoms with Gasteiger partial charge in [-0.05, 0) is 12.8 Å². The molecule has 2 N–H and O–H groups in total. The van der Waals surface area contributed by atoms with Crippen LogP contribution in [-0.2, 0) is 17.8 Å². The number of aromatic nitrogens is 3. The Morgan fingerprint density at radius 2 is 2.25 bits per heavy atom. The zero-order chi connectivity index (χ0) is 12.0. The maximum Gasteiger partial charge on any atom is 0.157 e. The fourth-order valence-corrected chi connectivity index (χ4v) is 1.58. The second-order valence-corrected chi connectivity index (χ2v) is 3.94. The van der Waals surface area contributed by atoms with Crippen LogP contribution in [0.15, 0.2) is 6.33 Å². The molecule has 5 heteroatoms. The summed E-state index contributed by atoms with van der Waals surface area (Å²) in [5.41, 5.74) is 5.76. The molecule has 1 unspecified atom stereocenters. The zero-order valence-electron chi connectivity index (χ0n) is 10.0. The molecule has 1 atom stereocenters. The first-order chi connectivity index (χ1) is 7.69. The predicted molar refractivity (Wildman–Crippen MR) is 61.9 cm³/mol. The third-order valence-corrected chi connectivity index (χ3v) is 2.48. The number of ketones is 1. The highest BCUT2D eigenvalue weighted by Crippen LogP contribution is 2.02. The van der Waals surface area contributed by atoms with E-state index in [1.807, 2.05) is 6.92 Å². The van der Waals surface area contributed by atoms with Crippen LogP contribution in [0.5, 0.6) is 0 Å². The Balaban J connectivity index is 2.58. The van der Waals surface area contributed by atoms with Gasteiger partial charge in [-0.15, -0.1) is 0 Å². The van der Waals surface area contributed by atoms with E-state index in [9.17, 15) is 4.79 Å². The molecule has 0 fully saturated rings. The van der Waals surface area contributed by atoms with Crippen LogP contribution in [0, 0.1) is 0 Å². The Kier molecular flexibility index (Phi) is 5.11. The summed E-state index contributed by atoms with van der Waals surface area (Å²) < 4.78 is 1.77. The number of nitrogens with two attached hydrogens (primary N) is 1. The van der Waals surface area contributed by atoms with Crippen molar-refractivity contribution in [2.75, 3.05) is 0 Å². The van der Waals surface area contributed by atoms with E-state index in [0.717, 1.165) is 31.6 Å². The largest absolute Gasteiger partial charge is 0.321 e. The summed E-state index contributed by atoms with van der Waals surface area (Å²) in [6.45, 7) is 4.88. The molecule has 0 aromatic carbocycles. The lowest BCUT2D eigenvalue weighted by Crippen LogP contribution is -2.32. The Morgan fingerprint density at radius 3 is 2.88 bits per heavy atom. The molecule has 0 aliphatic rings. The Bertz CT molecular complexity index is 334. The molecule has 1 aromatic rings. The monoisotopic (exact) mass is 224 g/mol. The van der Waals surface area contributed by atoms with Gasteiger partial charge in [0.2, 0.25) is 0 Å². The van der Waals surface area contributed by atoms with Crippen molar-refractivity contribution in [1.82, 2.24) is 14.8 Å². The van der Waals surface area contributed by atoms with Gasteiger partial charge in [-0.1, -0.05) is 20.3 Å². The lowest BCUT2D eigenvalue weighted by Gasteiger charge is -2.09. The van der Waals surface area contributed by atoms with E-state index in [4.69, 9.17) is 5.73 Å². The van der Waals surface area contributed by atoms with Gasteiger partial charge in [0.05, 0.1) is 12.5 Å². The van der Waals surface area contributed by atoms with Crippen molar-refractivity contribution in [2.24, 2.45) is 5.73 Å². The van der Waals surface area contributed by atoms with E-state index >= 15 is 0 Å². The average Bonchev–Trinajstić information content (AvgIpc) is 2.67. The molecular formula is C11H20N4O. The minimum Gasteiger partial charge on any atom is -0.321 e. The molecule has 1 aromatic heterocycles. The lowest BCUT2D eigenvalue weighted by molar-refractivity contribution is -0.119. The third-order valence-electron chi connectivity index (χ3n) is 2.48. The fourth-order valence-electron chi connectivity index (χ4n) is 1.58. The van der Waals surface area contributed by atoms with Gasteiger partial charge in [0.15, 0.2) is 5.78 Å². The standard InChI is InChI=1S/C11H20N4O/c1-3-5-9(12)10(16)7-11-13-8-14-15(11)6-4-2/h8-9H,3-7,12H2,1-2H3. The molecule has 1 heterocycles. The van der Waals surface area contributed by atoms with Crippen LogP contribution in [0.3, 0.4) is 0 Å². The Morgan fingerprint density at radius 1 is 1.50 bits per heavy atom. The predicted octanol–water partition coefficient (Wildman–Crippen LogP) is 0.927. The molecule has 0 spiro atoms. The molecular weight excluding hydrogens is 204 g/mol. The lowest BCUT2D eigenvalue weighted by atomic mass is 10.1. The summed E-state index contributed by atoms with van der Waals surface area (Å²) in [7, 11) is 0. The SMILES string of the molecule is CCCC(N)C(=O)Cc1ncnn1CCC. The second kappa shape index (κ2) is 6.37. The average molecular weight is 224 g/mol. The summed E-state index contributed by atoms with van der Waals surface area (Å²) in [6, 6.07) is -0.364. The van der Waals surface area contributed by atoms with Crippen LogP contribution in [0.1, 0.15) is 38.9 Å². The molecule has 0 aliphatic heterocycles. The van der Waals surface area contributed by atoms with E-state index in [1.165, 1.54) is 6.33 Å². The number of rotatable bonds is 7. The summed E-state index contributed by atoms with van der Waals surface area (Å²) in [6.07, 6.45) is 4.42. The molecule has 0 bridgehead atoms. The van der Waals surface area contributed by atoms with E-state index in [-0.39, 0.29) is 11.8 Å². The first kappa shape index (κ1) is 12.8. The number of hydrogen-bond acceptors (Lipinski definition) is 4. The maximum absolute atomic E-state index is 11.8. The quantitative estimate of drug-likeness (QED) is 0.747. The van der Waals surface area contributed by atoms with Crippen molar-refractivity contribution in [3.05, 3.63) is 12.2 Å². The number of aryl methyl sites for hydroxylation is 1. The van der Waals surface area contributed by atoms with Crippen LogP contribution >= 0.6 is 0 Å². The van der Waals surface area contributed by atoms with Crippen molar-refractivity contribution in [1.29, 1.82) is 0 Å². The number of Topliss-reactive ketones (excluding diaryl/α,β-unsaturated/α-hetero) is 1. The summed E-state index contributed by atoms with van der Waals surface area (Å²) in [5.74, 6) is 0.769. The Labute approximate surface area is 96.0 Å². The van der Waals surface area contributed by atoms with Gasteiger partial charge in [0.1, 0.15) is 12.2 Å². The molecule has 5 nitrogen and oxygen atoms in total. The van der Waals surface area contributed by atoms with Gasteiger partial charge in [0.25, 0.3) is 0 Å². The van der Waals surface area contributed by atoms with E-state index in [0.29, 0.717) is 6.42 Å². The summed E-state index contributed by atoms with van der Waals surface area (Å²) in [4.78, 5) is 15.8. The molecule has 0 saturated carbocycles. The van der Waals surface area contributed by atoms with Crippen molar-refractivity contribution in [2.45, 2.75) is 52.1 Å². The summed E-state index contributed by atoms with van der Waals surface area (Å²) in [5, 5.41) is 4.08. The van der Waals surface area contributed by atoms with Crippen molar-refractivity contribution >= 4 is 5.78 Å². The highest BCUT2D eigenvalue weighted by molar-refractivity contribution is 5.85. The van der Waals surface area contributed by atoms with Crippen LogP contribution < -0.4 is 5.73 Å². The van der Waals surface area contributed by atoms with Gasteiger partial charge in [0, 0.05) is 6.54 Å². The van der Waals surface area contributed by atoms with Crippen molar-refractivity contribution in [3.63, 3.8) is 0 Å². The topological polar surface area (TPSA) is 73.8 Å². The smallest absolute Gasteiger partial charge is 0.157 e.